The molecule has 26 heavy (non-hydrogen) atoms. The van der Waals surface area contributed by atoms with Crippen molar-refractivity contribution in [3.63, 3.8) is 0 Å². The zero-order valence-electron chi connectivity index (χ0n) is 14.5. The number of carbonyl (C=O) groups excluding carboxylic acids is 1. The lowest BCUT2D eigenvalue weighted by Gasteiger charge is -2.30. The molecule has 6 heteroatoms. The maximum Gasteiger partial charge on any atom is 0.322 e. The van der Waals surface area contributed by atoms with Crippen molar-refractivity contribution in [2.45, 2.75) is 19.4 Å². The van der Waals surface area contributed by atoms with E-state index in [1.165, 1.54) is 6.07 Å². The molecular formula is C20H22F2N2O2. The fourth-order valence-electron chi connectivity index (χ4n) is 3.05. The molecule has 2 aromatic rings. The molecule has 1 heterocycles. The van der Waals surface area contributed by atoms with Crippen LogP contribution in [0, 0.1) is 17.6 Å². The quantitative estimate of drug-likeness (QED) is 0.857. The normalized spacial score (nSPS) is 14.8. The van der Waals surface area contributed by atoms with Crippen molar-refractivity contribution in [1.29, 1.82) is 0 Å². The van der Waals surface area contributed by atoms with E-state index in [-0.39, 0.29) is 5.69 Å². The summed E-state index contributed by atoms with van der Waals surface area (Å²) in [5, 5.41) is 2.56. The molecule has 1 aliphatic rings. The lowest BCUT2D eigenvalue weighted by atomic mass is 9.99. The lowest BCUT2D eigenvalue weighted by Crippen LogP contribution is -2.39. The molecular weight excluding hydrogens is 338 g/mol. The van der Waals surface area contributed by atoms with Gasteiger partial charge < -0.3 is 15.0 Å². The van der Waals surface area contributed by atoms with Gasteiger partial charge in [-0.3, -0.25) is 0 Å². The number of nitrogens with zero attached hydrogens (tertiary/aromatic N) is 1. The zero-order chi connectivity index (χ0) is 18.4. The molecule has 0 spiro atoms. The van der Waals surface area contributed by atoms with Gasteiger partial charge >= 0.3 is 6.03 Å². The topological polar surface area (TPSA) is 41.6 Å². The van der Waals surface area contributed by atoms with Gasteiger partial charge in [0.2, 0.25) is 0 Å². The second-order valence-electron chi connectivity index (χ2n) is 6.48. The van der Waals surface area contributed by atoms with Gasteiger partial charge in [-0.05, 0) is 36.5 Å². The number of amides is 2. The summed E-state index contributed by atoms with van der Waals surface area (Å²) in [5.41, 5.74) is 0.968. The van der Waals surface area contributed by atoms with E-state index in [2.05, 4.69) is 5.32 Å². The Balaban J connectivity index is 1.73. The molecule has 2 amide bonds. The van der Waals surface area contributed by atoms with E-state index >= 15 is 0 Å². The lowest BCUT2D eigenvalue weighted by molar-refractivity contribution is 0.0564. The maximum atomic E-state index is 13.9. The Morgan fingerprint density at radius 2 is 1.85 bits per heavy atom. The van der Waals surface area contributed by atoms with Crippen molar-refractivity contribution in [2.24, 2.45) is 5.92 Å². The zero-order valence-corrected chi connectivity index (χ0v) is 14.5. The van der Waals surface area contributed by atoms with Crippen LogP contribution in [0.15, 0.2) is 48.5 Å². The van der Waals surface area contributed by atoms with E-state index in [1.807, 2.05) is 30.3 Å². The number of benzene rings is 2. The molecule has 1 saturated heterocycles. The first-order valence-corrected chi connectivity index (χ1v) is 8.74. The number of nitrogens with one attached hydrogen (secondary N) is 1. The van der Waals surface area contributed by atoms with Crippen LogP contribution in [0.5, 0.6) is 0 Å². The Kier molecular flexibility index (Phi) is 6.17. The first kappa shape index (κ1) is 18.3. The van der Waals surface area contributed by atoms with Crippen LogP contribution in [-0.2, 0) is 11.3 Å². The third kappa shape index (κ3) is 5.02. The van der Waals surface area contributed by atoms with Crippen molar-refractivity contribution >= 4 is 11.7 Å². The molecule has 0 atom stereocenters. The molecule has 1 N–H and O–H groups in total. The fraction of sp³-hybridized carbons (Fsp3) is 0.350. The summed E-state index contributed by atoms with van der Waals surface area (Å²) >= 11 is 0. The largest absolute Gasteiger partial charge is 0.381 e. The average Bonchev–Trinajstić information content (AvgIpc) is 2.65. The molecule has 0 aromatic heterocycles. The number of rotatable bonds is 5. The second-order valence-corrected chi connectivity index (χ2v) is 6.48. The molecule has 0 radical (unpaired) electrons. The van der Waals surface area contributed by atoms with Crippen LogP contribution in [0.1, 0.15) is 18.4 Å². The number of carbonyl (C=O) groups is 1. The highest BCUT2D eigenvalue weighted by molar-refractivity contribution is 5.89. The van der Waals surface area contributed by atoms with E-state index < -0.39 is 17.7 Å². The minimum atomic E-state index is -0.788. The van der Waals surface area contributed by atoms with Crippen LogP contribution >= 0.6 is 0 Å². The maximum absolute atomic E-state index is 13.9. The highest BCUT2D eigenvalue weighted by Gasteiger charge is 2.22. The van der Waals surface area contributed by atoms with E-state index in [0.717, 1.165) is 30.5 Å². The highest BCUT2D eigenvalue weighted by atomic mass is 19.1. The van der Waals surface area contributed by atoms with Gasteiger partial charge in [-0.15, -0.1) is 0 Å². The van der Waals surface area contributed by atoms with Gasteiger partial charge in [0, 0.05) is 32.4 Å². The molecule has 138 valence electrons. The van der Waals surface area contributed by atoms with Gasteiger partial charge in [-0.2, -0.15) is 0 Å². The standard InChI is InChI=1S/C20H22F2N2O2/c21-17-6-7-19(18(22)12-17)23-20(25)24(13-15-4-2-1-3-5-15)14-16-8-10-26-11-9-16/h1-7,12,16H,8-11,13-14H2,(H,23,25). The number of anilines is 1. The molecule has 0 unspecified atom stereocenters. The Bertz CT molecular complexity index is 734. The third-order valence-corrected chi connectivity index (χ3v) is 4.50. The third-order valence-electron chi connectivity index (χ3n) is 4.50. The summed E-state index contributed by atoms with van der Waals surface area (Å²) in [6.45, 7) is 2.37. The molecule has 0 aliphatic carbocycles. The van der Waals surface area contributed by atoms with Crippen molar-refractivity contribution in [3.8, 4) is 0 Å². The Morgan fingerprint density at radius 1 is 1.12 bits per heavy atom. The molecule has 1 aliphatic heterocycles. The summed E-state index contributed by atoms with van der Waals surface area (Å²) < 4.78 is 32.3. The Labute approximate surface area is 151 Å². The summed E-state index contributed by atoms with van der Waals surface area (Å²) in [6, 6.07) is 12.4. The van der Waals surface area contributed by atoms with Crippen molar-refractivity contribution in [2.75, 3.05) is 25.1 Å². The number of hydrogen-bond donors (Lipinski definition) is 1. The van der Waals surface area contributed by atoms with Crippen LogP contribution < -0.4 is 5.32 Å². The van der Waals surface area contributed by atoms with Crippen molar-refractivity contribution < 1.29 is 18.3 Å². The Morgan fingerprint density at radius 3 is 2.54 bits per heavy atom. The summed E-state index contributed by atoms with van der Waals surface area (Å²) in [4.78, 5) is 14.4. The van der Waals surface area contributed by atoms with Gasteiger partial charge in [-0.1, -0.05) is 30.3 Å². The van der Waals surface area contributed by atoms with Gasteiger partial charge in [0.05, 0.1) is 5.69 Å². The second kappa shape index (κ2) is 8.76. The van der Waals surface area contributed by atoms with Gasteiger partial charge in [0.1, 0.15) is 11.6 Å². The molecule has 1 fully saturated rings. The Hall–Kier alpha value is -2.47. The van der Waals surface area contributed by atoms with E-state index in [9.17, 15) is 13.6 Å². The molecule has 0 saturated carbocycles. The number of hydrogen-bond acceptors (Lipinski definition) is 2. The van der Waals surface area contributed by atoms with E-state index in [0.29, 0.717) is 32.2 Å². The van der Waals surface area contributed by atoms with Gasteiger partial charge in [-0.25, -0.2) is 13.6 Å². The summed E-state index contributed by atoms with van der Waals surface area (Å²) in [5.74, 6) is -1.12. The minimum absolute atomic E-state index is 0.0264. The number of halogens is 2. The van der Waals surface area contributed by atoms with Gasteiger partial charge in [0.25, 0.3) is 0 Å². The first-order chi connectivity index (χ1) is 12.6. The molecule has 4 nitrogen and oxygen atoms in total. The average molecular weight is 360 g/mol. The summed E-state index contributed by atoms with van der Waals surface area (Å²) in [7, 11) is 0. The fourth-order valence-corrected chi connectivity index (χ4v) is 3.05. The minimum Gasteiger partial charge on any atom is -0.381 e. The smallest absolute Gasteiger partial charge is 0.322 e. The van der Waals surface area contributed by atoms with Crippen LogP contribution in [0.3, 0.4) is 0 Å². The van der Waals surface area contributed by atoms with Crippen LogP contribution in [0.2, 0.25) is 0 Å². The predicted octanol–water partition coefficient (Wildman–Crippen LogP) is 4.43. The van der Waals surface area contributed by atoms with Gasteiger partial charge in [0.15, 0.2) is 0 Å². The van der Waals surface area contributed by atoms with Crippen LogP contribution in [0.25, 0.3) is 0 Å². The molecule has 0 bridgehead atoms. The van der Waals surface area contributed by atoms with Crippen molar-refractivity contribution in [3.05, 3.63) is 65.7 Å². The number of ether oxygens (including phenoxy) is 1. The highest BCUT2D eigenvalue weighted by Crippen LogP contribution is 2.20. The predicted molar refractivity (Wildman–Crippen MR) is 95.8 cm³/mol. The molecule has 3 rings (SSSR count). The number of urea groups is 1. The van der Waals surface area contributed by atoms with E-state index in [1.54, 1.807) is 4.90 Å². The molecule has 2 aromatic carbocycles. The first-order valence-electron chi connectivity index (χ1n) is 8.74. The van der Waals surface area contributed by atoms with Crippen LogP contribution in [-0.4, -0.2) is 30.7 Å². The summed E-state index contributed by atoms with van der Waals surface area (Å²) in [6.07, 6.45) is 1.78. The monoisotopic (exact) mass is 360 g/mol. The van der Waals surface area contributed by atoms with Crippen molar-refractivity contribution in [1.82, 2.24) is 4.90 Å². The van der Waals surface area contributed by atoms with Crippen LogP contribution in [0.4, 0.5) is 19.3 Å². The van der Waals surface area contributed by atoms with E-state index in [4.69, 9.17) is 4.74 Å². The SMILES string of the molecule is O=C(Nc1ccc(F)cc1F)N(Cc1ccccc1)CC1CCOCC1.